The number of rotatable bonds is 5. The van der Waals surface area contributed by atoms with Gasteiger partial charge >= 0.3 is 0 Å². The molecule has 0 aromatic heterocycles. The first-order valence-electron chi connectivity index (χ1n) is 7.32. The van der Waals surface area contributed by atoms with Crippen molar-refractivity contribution in [3.63, 3.8) is 0 Å². The van der Waals surface area contributed by atoms with Gasteiger partial charge in [0, 0.05) is 10.0 Å². The first-order valence-corrected chi connectivity index (χ1v) is 8.91. The number of nitrogens with one attached hydrogen (secondary N) is 2. The second-order valence-corrected chi connectivity index (χ2v) is 6.60. The van der Waals surface area contributed by atoms with Crippen molar-refractivity contribution in [3.8, 4) is 11.5 Å². The summed E-state index contributed by atoms with van der Waals surface area (Å²) in [5, 5.41) is 0. The molecule has 25 heavy (non-hydrogen) atoms. The Labute approximate surface area is 162 Å². The Morgan fingerprint density at radius 2 is 1.68 bits per heavy atom. The number of methoxy groups -OCH3 is 1. The summed E-state index contributed by atoms with van der Waals surface area (Å²) in [6.45, 7) is 2.25. The van der Waals surface area contributed by atoms with Gasteiger partial charge in [0.05, 0.1) is 23.8 Å². The Kier molecular flexibility index (Phi) is 6.83. The van der Waals surface area contributed by atoms with Crippen molar-refractivity contribution in [1.82, 2.24) is 10.9 Å². The predicted octanol–water partition coefficient (Wildman–Crippen LogP) is 3.69. The highest BCUT2D eigenvalue weighted by molar-refractivity contribution is 9.10. The molecule has 0 saturated carbocycles. The fourth-order valence-corrected chi connectivity index (χ4v) is 2.92. The standard InChI is InChI=1S/C17H16Br2N2O4/c1-3-25-14-7-5-11(18)9-12(14)17(23)21-20-16(22)10-4-6-15(24-2)13(19)8-10/h4-9H,3H2,1-2H3,(H,20,22)(H,21,23). The second-order valence-electron chi connectivity index (χ2n) is 4.83. The van der Waals surface area contributed by atoms with Gasteiger partial charge in [-0.2, -0.15) is 0 Å². The van der Waals surface area contributed by atoms with Crippen molar-refractivity contribution in [2.24, 2.45) is 0 Å². The number of halogens is 2. The number of carbonyl (C=O) groups excluding carboxylic acids is 2. The van der Waals surface area contributed by atoms with E-state index in [0.29, 0.717) is 33.7 Å². The van der Waals surface area contributed by atoms with Crippen LogP contribution in [0, 0.1) is 0 Å². The minimum absolute atomic E-state index is 0.312. The van der Waals surface area contributed by atoms with Crippen LogP contribution >= 0.6 is 31.9 Å². The molecule has 2 rings (SSSR count). The molecule has 0 unspecified atom stereocenters. The number of carbonyl (C=O) groups is 2. The first-order chi connectivity index (χ1) is 12.0. The summed E-state index contributed by atoms with van der Waals surface area (Å²) in [4.78, 5) is 24.5. The van der Waals surface area contributed by atoms with Crippen LogP contribution in [0.15, 0.2) is 45.3 Å². The highest BCUT2D eigenvalue weighted by Gasteiger charge is 2.15. The molecule has 132 valence electrons. The third-order valence-corrected chi connectivity index (χ3v) is 4.30. The summed E-state index contributed by atoms with van der Waals surface area (Å²) in [6, 6.07) is 9.93. The highest BCUT2D eigenvalue weighted by Crippen LogP contribution is 2.25. The van der Waals surface area contributed by atoms with Crippen LogP contribution in [0.1, 0.15) is 27.6 Å². The molecule has 0 spiro atoms. The monoisotopic (exact) mass is 470 g/mol. The van der Waals surface area contributed by atoms with E-state index < -0.39 is 11.8 Å². The highest BCUT2D eigenvalue weighted by atomic mass is 79.9. The average molecular weight is 472 g/mol. The van der Waals surface area contributed by atoms with Crippen LogP contribution in [0.3, 0.4) is 0 Å². The van der Waals surface area contributed by atoms with Crippen molar-refractivity contribution >= 4 is 43.7 Å². The van der Waals surface area contributed by atoms with E-state index in [-0.39, 0.29) is 0 Å². The molecule has 0 bridgehead atoms. The zero-order valence-electron chi connectivity index (χ0n) is 13.6. The van der Waals surface area contributed by atoms with Crippen LogP contribution in [0.4, 0.5) is 0 Å². The van der Waals surface area contributed by atoms with Crippen molar-refractivity contribution in [3.05, 3.63) is 56.5 Å². The largest absolute Gasteiger partial charge is 0.496 e. The Morgan fingerprint density at radius 3 is 2.32 bits per heavy atom. The molecule has 6 nitrogen and oxygen atoms in total. The van der Waals surface area contributed by atoms with E-state index in [1.807, 2.05) is 6.92 Å². The number of hydrazine groups is 1. The molecule has 0 fully saturated rings. The van der Waals surface area contributed by atoms with Gasteiger partial charge in [-0.15, -0.1) is 0 Å². The van der Waals surface area contributed by atoms with Crippen molar-refractivity contribution in [2.45, 2.75) is 6.92 Å². The molecule has 0 radical (unpaired) electrons. The fraction of sp³-hybridized carbons (Fsp3) is 0.176. The number of amides is 2. The summed E-state index contributed by atoms with van der Waals surface area (Å²) < 4.78 is 11.9. The topological polar surface area (TPSA) is 76.7 Å². The summed E-state index contributed by atoms with van der Waals surface area (Å²) in [6.07, 6.45) is 0. The van der Waals surface area contributed by atoms with Crippen LogP contribution in [-0.4, -0.2) is 25.5 Å². The molecule has 2 aromatic rings. The summed E-state index contributed by atoms with van der Waals surface area (Å²) in [7, 11) is 1.54. The maximum atomic E-state index is 12.3. The van der Waals surface area contributed by atoms with E-state index in [1.165, 1.54) is 7.11 Å². The fourth-order valence-electron chi connectivity index (χ4n) is 2.02. The van der Waals surface area contributed by atoms with E-state index in [9.17, 15) is 9.59 Å². The Balaban J connectivity index is 2.08. The van der Waals surface area contributed by atoms with Gasteiger partial charge < -0.3 is 9.47 Å². The third-order valence-electron chi connectivity index (χ3n) is 3.19. The molecule has 0 heterocycles. The van der Waals surface area contributed by atoms with Gasteiger partial charge in [-0.05, 0) is 59.3 Å². The third kappa shape index (κ3) is 4.96. The molecule has 0 saturated heterocycles. The Morgan fingerprint density at radius 1 is 1.00 bits per heavy atom. The maximum absolute atomic E-state index is 12.3. The lowest BCUT2D eigenvalue weighted by Gasteiger charge is -2.12. The van der Waals surface area contributed by atoms with E-state index in [4.69, 9.17) is 9.47 Å². The minimum Gasteiger partial charge on any atom is -0.496 e. The lowest BCUT2D eigenvalue weighted by Crippen LogP contribution is -2.41. The van der Waals surface area contributed by atoms with Crippen molar-refractivity contribution < 1.29 is 19.1 Å². The lowest BCUT2D eigenvalue weighted by atomic mass is 10.2. The van der Waals surface area contributed by atoms with E-state index in [2.05, 4.69) is 42.7 Å². The van der Waals surface area contributed by atoms with Crippen LogP contribution in [0.5, 0.6) is 11.5 Å². The van der Waals surface area contributed by atoms with Crippen LogP contribution < -0.4 is 20.3 Å². The van der Waals surface area contributed by atoms with Crippen molar-refractivity contribution in [1.29, 1.82) is 0 Å². The quantitative estimate of drug-likeness (QED) is 0.652. The summed E-state index contributed by atoms with van der Waals surface area (Å²) >= 11 is 6.63. The summed E-state index contributed by atoms with van der Waals surface area (Å²) in [5.41, 5.74) is 5.45. The average Bonchev–Trinajstić information content (AvgIpc) is 2.61. The number of hydrogen-bond acceptors (Lipinski definition) is 4. The van der Waals surface area contributed by atoms with E-state index >= 15 is 0 Å². The van der Waals surface area contributed by atoms with E-state index in [1.54, 1.807) is 36.4 Å². The molecule has 2 N–H and O–H groups in total. The molecule has 0 aliphatic carbocycles. The maximum Gasteiger partial charge on any atom is 0.273 e. The molecular formula is C17H16Br2N2O4. The normalized spacial score (nSPS) is 10.1. The minimum atomic E-state index is -0.481. The van der Waals surface area contributed by atoms with Gasteiger partial charge in [0.15, 0.2) is 0 Å². The van der Waals surface area contributed by atoms with E-state index in [0.717, 1.165) is 4.47 Å². The number of hydrogen-bond donors (Lipinski definition) is 2. The van der Waals surface area contributed by atoms with Gasteiger partial charge in [-0.1, -0.05) is 15.9 Å². The smallest absolute Gasteiger partial charge is 0.273 e. The molecule has 0 aliphatic heterocycles. The van der Waals surface area contributed by atoms with Gasteiger partial charge in [-0.3, -0.25) is 20.4 Å². The molecule has 8 heteroatoms. The first kappa shape index (κ1) is 19.3. The van der Waals surface area contributed by atoms with Crippen molar-refractivity contribution in [2.75, 3.05) is 13.7 Å². The zero-order chi connectivity index (χ0) is 18.4. The van der Waals surface area contributed by atoms with Crippen LogP contribution in [-0.2, 0) is 0 Å². The zero-order valence-corrected chi connectivity index (χ0v) is 16.7. The SMILES string of the molecule is CCOc1ccc(Br)cc1C(=O)NNC(=O)c1ccc(OC)c(Br)c1. The Bertz CT molecular complexity index is 796. The molecular weight excluding hydrogens is 456 g/mol. The predicted molar refractivity (Wildman–Crippen MR) is 101 cm³/mol. The second kappa shape index (κ2) is 8.87. The van der Waals surface area contributed by atoms with Gasteiger partial charge in [0.2, 0.25) is 0 Å². The summed E-state index contributed by atoms with van der Waals surface area (Å²) in [5.74, 6) is 0.107. The molecule has 0 aliphatic rings. The van der Waals surface area contributed by atoms with Gasteiger partial charge in [0.1, 0.15) is 11.5 Å². The lowest BCUT2D eigenvalue weighted by molar-refractivity contribution is 0.0844. The van der Waals surface area contributed by atoms with Gasteiger partial charge in [0.25, 0.3) is 11.8 Å². The molecule has 0 atom stereocenters. The van der Waals surface area contributed by atoms with Crippen LogP contribution in [0.2, 0.25) is 0 Å². The molecule has 2 aromatic carbocycles. The number of benzene rings is 2. The van der Waals surface area contributed by atoms with Crippen LogP contribution in [0.25, 0.3) is 0 Å². The number of ether oxygens (including phenoxy) is 2. The van der Waals surface area contributed by atoms with Gasteiger partial charge in [-0.25, -0.2) is 0 Å². The Hall–Kier alpha value is -2.06. The molecule has 2 amide bonds.